The summed E-state index contributed by atoms with van der Waals surface area (Å²) in [6.07, 6.45) is 1.21. The monoisotopic (exact) mass is 314 g/mol. The molecule has 1 rings (SSSR count). The van der Waals surface area contributed by atoms with E-state index >= 15 is 0 Å². The Balaban J connectivity index is 2.29. The van der Waals surface area contributed by atoms with Crippen LogP contribution in [-0.2, 0) is 19.1 Å². The summed E-state index contributed by atoms with van der Waals surface area (Å²) < 4.78 is 9.73. The fourth-order valence-electron chi connectivity index (χ4n) is 2.22. The molecule has 0 atom stereocenters. The highest BCUT2D eigenvalue weighted by molar-refractivity contribution is 5.81. The van der Waals surface area contributed by atoms with Gasteiger partial charge in [0.05, 0.1) is 13.5 Å². The summed E-state index contributed by atoms with van der Waals surface area (Å²) in [5.74, 6) is -0.434. The van der Waals surface area contributed by atoms with E-state index in [1.807, 2.05) is 20.8 Å². The van der Waals surface area contributed by atoms with Crippen molar-refractivity contribution in [2.45, 2.75) is 58.1 Å². The van der Waals surface area contributed by atoms with Gasteiger partial charge in [0.25, 0.3) is 0 Å². The normalized spacial score (nSPS) is 16.1. The Kier molecular flexibility index (Phi) is 6.64. The van der Waals surface area contributed by atoms with Crippen LogP contribution < -0.4 is 5.32 Å². The van der Waals surface area contributed by atoms with Crippen LogP contribution in [0.1, 0.15) is 46.5 Å². The minimum absolute atomic E-state index is 0.0134. The van der Waals surface area contributed by atoms with Gasteiger partial charge in [-0.15, -0.1) is 0 Å². The fraction of sp³-hybridized carbons (Fsp3) is 0.800. The summed E-state index contributed by atoms with van der Waals surface area (Å²) in [6.45, 7) is 6.58. The van der Waals surface area contributed by atoms with Crippen LogP contribution in [0.4, 0.5) is 4.79 Å². The number of carbonyl (C=O) groups excluding carboxylic acids is 3. The average molecular weight is 314 g/mol. The van der Waals surface area contributed by atoms with Gasteiger partial charge in [-0.2, -0.15) is 0 Å². The molecule has 22 heavy (non-hydrogen) atoms. The maximum atomic E-state index is 11.9. The predicted octanol–water partition coefficient (Wildman–Crippen LogP) is 1.46. The smallest absolute Gasteiger partial charge is 0.407 e. The molecule has 7 nitrogen and oxygen atoms in total. The van der Waals surface area contributed by atoms with Crippen molar-refractivity contribution in [3.05, 3.63) is 0 Å². The Morgan fingerprint density at radius 3 is 2.23 bits per heavy atom. The van der Waals surface area contributed by atoms with Gasteiger partial charge in [-0.05, 0) is 33.6 Å². The van der Waals surface area contributed by atoms with E-state index in [4.69, 9.17) is 4.74 Å². The molecule has 0 aromatic heterocycles. The van der Waals surface area contributed by atoms with Gasteiger partial charge in [-0.25, -0.2) is 4.79 Å². The number of likely N-dealkylation sites (tertiary alicyclic amines) is 1. The molecule has 1 heterocycles. The number of alkyl carbamates (subject to hydrolysis) is 1. The third kappa shape index (κ3) is 6.78. The minimum atomic E-state index is -0.519. The molecular formula is C15H26N2O5. The van der Waals surface area contributed by atoms with Crippen LogP contribution >= 0.6 is 0 Å². The molecule has 0 unspecified atom stereocenters. The topological polar surface area (TPSA) is 84.9 Å². The first kappa shape index (κ1) is 18.3. The van der Waals surface area contributed by atoms with Crippen LogP contribution in [0.25, 0.3) is 0 Å². The van der Waals surface area contributed by atoms with E-state index < -0.39 is 11.7 Å². The molecule has 1 N–H and O–H groups in total. The number of ether oxygens (including phenoxy) is 2. The van der Waals surface area contributed by atoms with Crippen LogP contribution in [0, 0.1) is 0 Å². The van der Waals surface area contributed by atoms with Crippen LogP contribution in [0.5, 0.6) is 0 Å². The zero-order chi connectivity index (χ0) is 16.8. The summed E-state index contributed by atoms with van der Waals surface area (Å²) in [7, 11) is 1.31. The van der Waals surface area contributed by atoms with E-state index in [-0.39, 0.29) is 30.8 Å². The Labute approximate surface area is 131 Å². The molecule has 1 saturated heterocycles. The van der Waals surface area contributed by atoms with Crippen molar-refractivity contribution < 1.29 is 23.9 Å². The molecule has 0 aliphatic carbocycles. The molecule has 0 aromatic carbocycles. The van der Waals surface area contributed by atoms with Gasteiger partial charge in [0.15, 0.2) is 0 Å². The first-order valence-electron chi connectivity index (χ1n) is 7.55. The van der Waals surface area contributed by atoms with Crippen molar-refractivity contribution in [1.29, 1.82) is 0 Å². The third-order valence-electron chi connectivity index (χ3n) is 3.34. The number of esters is 1. The number of carbonyl (C=O) groups is 3. The number of hydrogen-bond acceptors (Lipinski definition) is 5. The fourth-order valence-corrected chi connectivity index (χ4v) is 2.22. The Morgan fingerprint density at radius 1 is 1.14 bits per heavy atom. The summed E-state index contributed by atoms with van der Waals surface area (Å²) in [5.41, 5.74) is -0.519. The molecule has 1 aliphatic rings. The highest BCUT2D eigenvalue weighted by Gasteiger charge is 2.25. The number of methoxy groups -OCH3 is 1. The first-order chi connectivity index (χ1) is 10.2. The van der Waals surface area contributed by atoms with E-state index in [0.29, 0.717) is 25.9 Å². The Hall–Kier alpha value is -1.79. The summed E-state index contributed by atoms with van der Waals surface area (Å²) in [6, 6.07) is 0.0134. The Morgan fingerprint density at radius 2 is 1.73 bits per heavy atom. The lowest BCUT2D eigenvalue weighted by Gasteiger charge is -2.32. The SMILES string of the molecule is COC(=O)CCC(=O)N1CCC(NC(=O)OC(C)(C)C)CC1. The number of rotatable bonds is 4. The van der Waals surface area contributed by atoms with Crippen molar-refractivity contribution in [1.82, 2.24) is 10.2 Å². The summed E-state index contributed by atoms with van der Waals surface area (Å²) >= 11 is 0. The second kappa shape index (κ2) is 8.00. The van der Waals surface area contributed by atoms with E-state index in [9.17, 15) is 14.4 Å². The molecular weight excluding hydrogens is 288 g/mol. The third-order valence-corrected chi connectivity index (χ3v) is 3.34. The van der Waals surface area contributed by atoms with Crippen molar-refractivity contribution >= 4 is 18.0 Å². The lowest BCUT2D eigenvalue weighted by Crippen LogP contribution is -2.47. The number of piperidine rings is 1. The second-order valence-electron chi connectivity index (χ2n) is 6.38. The molecule has 1 fully saturated rings. The lowest BCUT2D eigenvalue weighted by molar-refractivity contribution is -0.143. The quantitative estimate of drug-likeness (QED) is 0.794. The molecule has 1 aliphatic heterocycles. The number of nitrogens with one attached hydrogen (secondary N) is 1. The predicted molar refractivity (Wildman–Crippen MR) is 80.2 cm³/mol. The zero-order valence-electron chi connectivity index (χ0n) is 13.8. The van der Waals surface area contributed by atoms with Crippen LogP contribution in [0.3, 0.4) is 0 Å². The number of hydrogen-bond donors (Lipinski definition) is 1. The highest BCUT2D eigenvalue weighted by atomic mass is 16.6. The Bertz CT molecular complexity index is 409. The van der Waals surface area contributed by atoms with Gasteiger partial charge in [0, 0.05) is 25.6 Å². The largest absolute Gasteiger partial charge is 0.469 e. The molecule has 0 saturated carbocycles. The maximum absolute atomic E-state index is 11.9. The van der Waals surface area contributed by atoms with Crippen molar-refractivity contribution in [2.24, 2.45) is 0 Å². The molecule has 0 spiro atoms. The van der Waals surface area contributed by atoms with Gasteiger partial charge >= 0.3 is 12.1 Å². The van der Waals surface area contributed by atoms with Gasteiger partial charge < -0.3 is 19.7 Å². The van der Waals surface area contributed by atoms with Crippen LogP contribution in [0.2, 0.25) is 0 Å². The molecule has 126 valence electrons. The minimum Gasteiger partial charge on any atom is -0.469 e. The van der Waals surface area contributed by atoms with Gasteiger partial charge in [-0.3, -0.25) is 9.59 Å². The lowest BCUT2D eigenvalue weighted by atomic mass is 10.0. The number of nitrogens with zero attached hydrogens (tertiary/aromatic N) is 1. The standard InChI is InChI=1S/C15H26N2O5/c1-15(2,3)22-14(20)16-11-7-9-17(10-8-11)12(18)5-6-13(19)21-4/h11H,5-10H2,1-4H3,(H,16,20). The van der Waals surface area contributed by atoms with E-state index in [2.05, 4.69) is 10.1 Å². The van der Waals surface area contributed by atoms with Crippen LogP contribution in [0.15, 0.2) is 0 Å². The van der Waals surface area contributed by atoms with Crippen molar-refractivity contribution in [3.8, 4) is 0 Å². The van der Waals surface area contributed by atoms with Gasteiger partial charge in [-0.1, -0.05) is 0 Å². The average Bonchev–Trinajstić information content (AvgIpc) is 2.43. The van der Waals surface area contributed by atoms with Crippen LogP contribution in [-0.4, -0.2) is 54.7 Å². The van der Waals surface area contributed by atoms with E-state index in [0.717, 1.165) is 0 Å². The van der Waals surface area contributed by atoms with E-state index in [1.165, 1.54) is 7.11 Å². The van der Waals surface area contributed by atoms with E-state index in [1.54, 1.807) is 4.90 Å². The molecule has 0 radical (unpaired) electrons. The van der Waals surface area contributed by atoms with Crippen molar-refractivity contribution in [2.75, 3.05) is 20.2 Å². The molecule has 2 amide bonds. The summed E-state index contributed by atoms with van der Waals surface area (Å²) in [4.78, 5) is 36.4. The van der Waals surface area contributed by atoms with Crippen molar-refractivity contribution in [3.63, 3.8) is 0 Å². The van der Waals surface area contributed by atoms with Gasteiger partial charge in [0.2, 0.25) is 5.91 Å². The van der Waals surface area contributed by atoms with Gasteiger partial charge in [0.1, 0.15) is 5.60 Å². The molecule has 0 bridgehead atoms. The molecule has 0 aromatic rings. The maximum Gasteiger partial charge on any atom is 0.407 e. The summed E-state index contributed by atoms with van der Waals surface area (Å²) in [5, 5.41) is 2.82. The highest BCUT2D eigenvalue weighted by Crippen LogP contribution is 2.14. The number of amides is 2. The molecule has 7 heteroatoms. The zero-order valence-corrected chi connectivity index (χ0v) is 13.8. The second-order valence-corrected chi connectivity index (χ2v) is 6.38. The first-order valence-corrected chi connectivity index (χ1v) is 7.55.